The van der Waals surface area contributed by atoms with Crippen LogP contribution in [0.4, 0.5) is 0 Å². The van der Waals surface area contributed by atoms with E-state index in [9.17, 15) is 9.59 Å². The van der Waals surface area contributed by atoms with Gasteiger partial charge in [-0.3, -0.25) is 9.59 Å². The molecule has 0 aromatic rings. The SMILES string of the molecule is CCC(C=CC(C)C1CCC2C3CC=C4CC(=O)CCC4(C)C3C(=O)CC12C)C(C)C. The van der Waals surface area contributed by atoms with E-state index in [0.717, 1.165) is 19.3 Å². The highest BCUT2D eigenvalue weighted by Crippen LogP contribution is 2.66. The van der Waals surface area contributed by atoms with E-state index in [1.54, 1.807) is 0 Å². The standard InChI is InChI=1S/C29H44O2/c1-7-20(18(2)3)9-8-19(4)24-12-13-25-23-11-10-21-16-22(30)14-15-28(21,5)27(23)26(31)17-29(24,25)6/h8-10,18-20,23-25,27H,7,11-17H2,1-6H3. The summed E-state index contributed by atoms with van der Waals surface area (Å²) >= 11 is 0. The summed E-state index contributed by atoms with van der Waals surface area (Å²) in [4.78, 5) is 25.9. The van der Waals surface area contributed by atoms with Gasteiger partial charge in [0.25, 0.3) is 0 Å². The summed E-state index contributed by atoms with van der Waals surface area (Å²) in [5.41, 5.74) is 1.35. The summed E-state index contributed by atoms with van der Waals surface area (Å²) < 4.78 is 0. The molecular weight excluding hydrogens is 380 g/mol. The van der Waals surface area contributed by atoms with E-state index in [0.29, 0.717) is 59.9 Å². The maximum atomic E-state index is 13.8. The van der Waals surface area contributed by atoms with Crippen LogP contribution in [0.15, 0.2) is 23.8 Å². The molecule has 0 bridgehead atoms. The molecule has 2 nitrogen and oxygen atoms in total. The van der Waals surface area contributed by atoms with Crippen LogP contribution in [0.2, 0.25) is 0 Å². The molecule has 8 atom stereocenters. The molecule has 0 aromatic heterocycles. The zero-order valence-corrected chi connectivity index (χ0v) is 20.7. The van der Waals surface area contributed by atoms with Gasteiger partial charge in [-0.2, -0.15) is 0 Å². The van der Waals surface area contributed by atoms with Crippen molar-refractivity contribution in [1.82, 2.24) is 0 Å². The van der Waals surface area contributed by atoms with Crippen LogP contribution in [-0.4, -0.2) is 11.6 Å². The van der Waals surface area contributed by atoms with E-state index >= 15 is 0 Å². The Morgan fingerprint density at radius 3 is 2.55 bits per heavy atom. The summed E-state index contributed by atoms with van der Waals surface area (Å²) in [7, 11) is 0. The number of hydrogen-bond donors (Lipinski definition) is 0. The molecule has 0 radical (unpaired) electrons. The van der Waals surface area contributed by atoms with E-state index in [2.05, 4.69) is 59.8 Å². The average Bonchev–Trinajstić information content (AvgIpc) is 3.04. The van der Waals surface area contributed by atoms with Gasteiger partial charge in [0.15, 0.2) is 0 Å². The number of allylic oxidation sites excluding steroid dienone is 4. The molecule has 4 rings (SSSR count). The first kappa shape index (κ1) is 23.0. The fourth-order valence-corrected chi connectivity index (χ4v) is 8.49. The third kappa shape index (κ3) is 3.70. The van der Waals surface area contributed by atoms with Crippen LogP contribution in [-0.2, 0) is 9.59 Å². The van der Waals surface area contributed by atoms with Gasteiger partial charge in [0.1, 0.15) is 11.6 Å². The molecule has 3 saturated carbocycles. The van der Waals surface area contributed by atoms with Crippen molar-refractivity contribution in [2.24, 2.45) is 52.3 Å². The summed E-state index contributed by atoms with van der Waals surface area (Å²) in [6, 6.07) is 0. The Morgan fingerprint density at radius 1 is 1.13 bits per heavy atom. The molecule has 0 aromatic carbocycles. The van der Waals surface area contributed by atoms with Crippen LogP contribution in [0.3, 0.4) is 0 Å². The van der Waals surface area contributed by atoms with Crippen LogP contribution in [0, 0.1) is 52.3 Å². The van der Waals surface area contributed by atoms with Crippen LogP contribution in [0.1, 0.15) is 92.9 Å². The quantitative estimate of drug-likeness (QED) is 0.438. The predicted octanol–water partition coefficient (Wildman–Crippen LogP) is 7.19. The van der Waals surface area contributed by atoms with Crippen LogP contribution in [0.25, 0.3) is 0 Å². The van der Waals surface area contributed by atoms with Gasteiger partial charge in [0, 0.05) is 25.2 Å². The maximum absolute atomic E-state index is 13.8. The largest absolute Gasteiger partial charge is 0.299 e. The topological polar surface area (TPSA) is 34.1 Å². The minimum atomic E-state index is -0.0650. The van der Waals surface area contributed by atoms with Crippen molar-refractivity contribution in [2.45, 2.75) is 92.9 Å². The Hall–Kier alpha value is -1.18. The number of ketones is 2. The third-order valence-corrected chi connectivity index (χ3v) is 10.3. The molecule has 0 spiro atoms. The highest BCUT2D eigenvalue weighted by atomic mass is 16.1. The smallest absolute Gasteiger partial charge is 0.137 e. The first-order valence-electron chi connectivity index (χ1n) is 13.0. The zero-order chi connectivity index (χ0) is 22.6. The highest BCUT2D eigenvalue weighted by molar-refractivity contribution is 5.87. The van der Waals surface area contributed by atoms with Crippen molar-refractivity contribution in [1.29, 1.82) is 0 Å². The van der Waals surface area contributed by atoms with Gasteiger partial charge in [-0.1, -0.05) is 65.3 Å². The first-order valence-corrected chi connectivity index (χ1v) is 13.0. The number of hydrogen-bond acceptors (Lipinski definition) is 2. The normalized spacial score (nSPS) is 42.2. The van der Waals surface area contributed by atoms with Gasteiger partial charge in [0.2, 0.25) is 0 Å². The van der Waals surface area contributed by atoms with Gasteiger partial charge in [-0.25, -0.2) is 0 Å². The van der Waals surface area contributed by atoms with Crippen molar-refractivity contribution in [3.05, 3.63) is 23.8 Å². The van der Waals surface area contributed by atoms with Gasteiger partial charge in [0.05, 0.1) is 0 Å². The number of Topliss-reactive ketones (excluding diaryl/α,β-unsaturated/α-hetero) is 2. The fraction of sp³-hybridized carbons (Fsp3) is 0.793. The second-order valence-corrected chi connectivity index (χ2v) is 12.2. The Morgan fingerprint density at radius 2 is 1.87 bits per heavy atom. The van der Waals surface area contributed by atoms with E-state index in [-0.39, 0.29) is 16.7 Å². The van der Waals surface area contributed by atoms with Crippen molar-refractivity contribution >= 4 is 11.6 Å². The zero-order valence-electron chi connectivity index (χ0n) is 20.7. The maximum Gasteiger partial charge on any atom is 0.137 e. The lowest BCUT2D eigenvalue weighted by atomic mass is 9.46. The number of carbonyl (C=O) groups excluding carboxylic acids is 2. The molecule has 0 amide bonds. The lowest BCUT2D eigenvalue weighted by molar-refractivity contribution is -0.145. The summed E-state index contributed by atoms with van der Waals surface area (Å²) in [5, 5.41) is 0. The number of carbonyl (C=O) groups is 2. The molecule has 0 heterocycles. The van der Waals surface area contributed by atoms with Crippen molar-refractivity contribution in [3.63, 3.8) is 0 Å². The predicted molar refractivity (Wildman–Crippen MR) is 128 cm³/mol. The van der Waals surface area contributed by atoms with Crippen molar-refractivity contribution in [3.8, 4) is 0 Å². The van der Waals surface area contributed by atoms with E-state index in [4.69, 9.17) is 0 Å². The molecule has 2 heteroatoms. The van der Waals surface area contributed by atoms with Crippen LogP contribution >= 0.6 is 0 Å². The summed E-state index contributed by atoms with van der Waals surface area (Å²) in [6.07, 6.45) is 14.9. The van der Waals surface area contributed by atoms with Crippen molar-refractivity contribution in [2.75, 3.05) is 0 Å². The van der Waals surface area contributed by atoms with E-state index in [1.807, 2.05) is 0 Å². The van der Waals surface area contributed by atoms with Gasteiger partial charge < -0.3 is 0 Å². The average molecular weight is 425 g/mol. The van der Waals surface area contributed by atoms with Crippen LogP contribution < -0.4 is 0 Å². The molecule has 0 saturated heterocycles. The molecular formula is C29H44O2. The Balaban J connectivity index is 1.58. The number of rotatable bonds is 5. The lowest BCUT2D eigenvalue weighted by Gasteiger charge is -2.56. The Kier molecular flexibility index (Phi) is 6.16. The minimum absolute atomic E-state index is 0.0650. The monoisotopic (exact) mass is 424 g/mol. The molecule has 3 fully saturated rings. The summed E-state index contributed by atoms with van der Waals surface area (Å²) in [5.74, 6) is 4.62. The van der Waals surface area contributed by atoms with Crippen molar-refractivity contribution < 1.29 is 9.59 Å². The second-order valence-electron chi connectivity index (χ2n) is 12.2. The Bertz CT molecular complexity index is 789. The van der Waals surface area contributed by atoms with E-state index < -0.39 is 0 Å². The lowest BCUT2D eigenvalue weighted by Crippen LogP contribution is -2.54. The third-order valence-electron chi connectivity index (χ3n) is 10.3. The molecule has 31 heavy (non-hydrogen) atoms. The second kappa shape index (κ2) is 8.31. The fourth-order valence-electron chi connectivity index (χ4n) is 8.49. The van der Waals surface area contributed by atoms with Gasteiger partial charge in [-0.05, 0) is 78.4 Å². The molecule has 172 valence electrons. The number of fused-ring (bicyclic) bond motifs is 5. The van der Waals surface area contributed by atoms with E-state index in [1.165, 1.54) is 24.8 Å². The van der Waals surface area contributed by atoms with Gasteiger partial charge in [-0.15, -0.1) is 0 Å². The minimum Gasteiger partial charge on any atom is -0.299 e. The molecule has 4 aliphatic rings. The highest BCUT2D eigenvalue weighted by Gasteiger charge is 2.62. The molecule has 0 aliphatic heterocycles. The van der Waals surface area contributed by atoms with Crippen LogP contribution in [0.5, 0.6) is 0 Å². The first-order chi connectivity index (χ1) is 14.6. The molecule has 4 aliphatic carbocycles. The Labute approximate surface area is 190 Å². The van der Waals surface area contributed by atoms with Gasteiger partial charge >= 0.3 is 0 Å². The summed E-state index contributed by atoms with van der Waals surface area (Å²) in [6.45, 7) is 14.1. The molecule has 8 unspecified atom stereocenters. The molecule has 0 N–H and O–H groups in total.